The number of amides is 2. The van der Waals surface area contributed by atoms with E-state index in [0.717, 1.165) is 4.31 Å². The van der Waals surface area contributed by atoms with Crippen LogP contribution in [0.25, 0.3) is 0 Å². The Balaban J connectivity index is 1.98. The van der Waals surface area contributed by atoms with Crippen LogP contribution in [-0.2, 0) is 14.8 Å². The van der Waals surface area contributed by atoms with Gasteiger partial charge in [-0.15, -0.1) is 0 Å². The fourth-order valence-corrected chi connectivity index (χ4v) is 4.96. The molecule has 37 heavy (non-hydrogen) atoms. The third kappa shape index (κ3) is 6.79. The van der Waals surface area contributed by atoms with E-state index in [1.54, 1.807) is 54.6 Å². The van der Waals surface area contributed by atoms with Crippen LogP contribution in [0, 0.1) is 5.92 Å². The summed E-state index contributed by atoms with van der Waals surface area (Å²) in [4.78, 5) is 25.9. The number of rotatable bonds is 11. The number of sulfonamides is 1. The van der Waals surface area contributed by atoms with Gasteiger partial charge >= 0.3 is 0 Å². The standard InChI is InChI=1S/C27H31N3O6S/c1-19(2)17-28-27(32)22-12-8-9-13-23(22)29-26(31)18-30(37(33,34)21-10-6-5-7-11-21)24-16-20(35-3)14-15-25(24)36-4/h5-16,19H,17-18H2,1-4H3,(H,28,32)(H,29,31). The SMILES string of the molecule is COc1ccc(OC)c(N(CC(=O)Nc2ccccc2C(=O)NCC(C)C)S(=O)(=O)c2ccccc2)c1. The van der Waals surface area contributed by atoms with Crippen molar-refractivity contribution in [2.45, 2.75) is 18.7 Å². The van der Waals surface area contributed by atoms with Crippen LogP contribution in [0.5, 0.6) is 11.5 Å². The van der Waals surface area contributed by atoms with Crippen molar-refractivity contribution >= 4 is 33.2 Å². The molecule has 2 N–H and O–H groups in total. The van der Waals surface area contributed by atoms with Gasteiger partial charge in [-0.2, -0.15) is 0 Å². The smallest absolute Gasteiger partial charge is 0.264 e. The van der Waals surface area contributed by atoms with Gasteiger partial charge in [-0.1, -0.05) is 44.2 Å². The zero-order chi connectivity index (χ0) is 27.0. The number of nitrogens with one attached hydrogen (secondary N) is 2. The summed E-state index contributed by atoms with van der Waals surface area (Å²) >= 11 is 0. The minimum absolute atomic E-state index is 0.00105. The summed E-state index contributed by atoms with van der Waals surface area (Å²) in [5.74, 6) is -0.111. The Morgan fingerprint density at radius 2 is 1.59 bits per heavy atom. The van der Waals surface area contributed by atoms with Crippen LogP contribution >= 0.6 is 0 Å². The van der Waals surface area contributed by atoms with Gasteiger partial charge in [0.15, 0.2) is 0 Å². The van der Waals surface area contributed by atoms with E-state index in [1.165, 1.54) is 32.4 Å². The molecular formula is C27H31N3O6S. The van der Waals surface area contributed by atoms with E-state index >= 15 is 0 Å². The highest BCUT2D eigenvalue weighted by Gasteiger charge is 2.30. The number of ether oxygens (including phenoxy) is 2. The van der Waals surface area contributed by atoms with Crippen LogP contribution in [0.3, 0.4) is 0 Å². The van der Waals surface area contributed by atoms with Crippen molar-refractivity contribution in [2.24, 2.45) is 5.92 Å². The second-order valence-corrected chi connectivity index (χ2v) is 10.4. The van der Waals surface area contributed by atoms with Crippen LogP contribution in [0.2, 0.25) is 0 Å². The van der Waals surface area contributed by atoms with Crippen LogP contribution in [0.1, 0.15) is 24.2 Å². The van der Waals surface area contributed by atoms with Gasteiger partial charge in [0.2, 0.25) is 5.91 Å². The van der Waals surface area contributed by atoms with E-state index in [4.69, 9.17) is 9.47 Å². The van der Waals surface area contributed by atoms with Gasteiger partial charge < -0.3 is 20.1 Å². The van der Waals surface area contributed by atoms with E-state index < -0.39 is 22.5 Å². The maximum atomic E-state index is 13.7. The van der Waals surface area contributed by atoms with Gasteiger partial charge in [0.1, 0.15) is 18.0 Å². The molecule has 10 heteroatoms. The molecule has 0 saturated carbocycles. The molecule has 9 nitrogen and oxygen atoms in total. The van der Waals surface area contributed by atoms with Gasteiger partial charge in [0, 0.05) is 12.6 Å². The number of carbonyl (C=O) groups excluding carboxylic acids is 2. The summed E-state index contributed by atoms with van der Waals surface area (Å²) in [5, 5.41) is 5.52. The Labute approximate surface area is 217 Å². The molecule has 0 aliphatic heterocycles. The first-order valence-corrected chi connectivity index (χ1v) is 13.1. The fourth-order valence-electron chi connectivity index (χ4n) is 3.51. The van der Waals surface area contributed by atoms with Crippen LogP contribution in [0.15, 0.2) is 77.7 Å². The Morgan fingerprint density at radius 3 is 2.24 bits per heavy atom. The first-order chi connectivity index (χ1) is 17.7. The molecule has 0 aliphatic rings. The number of para-hydroxylation sites is 1. The molecule has 0 heterocycles. The second-order valence-electron chi connectivity index (χ2n) is 8.56. The van der Waals surface area contributed by atoms with Gasteiger partial charge in [-0.25, -0.2) is 8.42 Å². The third-order valence-corrected chi connectivity index (χ3v) is 7.16. The number of anilines is 2. The molecule has 0 atom stereocenters. The van der Waals surface area contributed by atoms with Gasteiger partial charge in [-0.05, 0) is 42.3 Å². The van der Waals surface area contributed by atoms with E-state index in [-0.39, 0.29) is 39.4 Å². The highest BCUT2D eigenvalue weighted by atomic mass is 32.2. The number of methoxy groups -OCH3 is 2. The highest BCUT2D eigenvalue weighted by molar-refractivity contribution is 7.92. The lowest BCUT2D eigenvalue weighted by atomic mass is 10.1. The molecule has 0 unspecified atom stereocenters. The lowest BCUT2D eigenvalue weighted by Gasteiger charge is -2.26. The maximum Gasteiger partial charge on any atom is 0.264 e. The summed E-state index contributed by atoms with van der Waals surface area (Å²) in [5.41, 5.74) is 0.667. The highest BCUT2D eigenvalue weighted by Crippen LogP contribution is 2.35. The average Bonchev–Trinajstić information content (AvgIpc) is 2.90. The molecule has 3 rings (SSSR count). The number of benzene rings is 3. The summed E-state index contributed by atoms with van der Waals surface area (Å²) in [6.07, 6.45) is 0. The van der Waals surface area contributed by atoms with Gasteiger partial charge in [0.25, 0.3) is 15.9 Å². The fraction of sp³-hybridized carbons (Fsp3) is 0.259. The third-order valence-electron chi connectivity index (χ3n) is 5.39. The van der Waals surface area contributed by atoms with Gasteiger partial charge in [0.05, 0.1) is 36.1 Å². The summed E-state index contributed by atoms with van der Waals surface area (Å²) in [6.45, 7) is 3.84. The summed E-state index contributed by atoms with van der Waals surface area (Å²) < 4.78 is 39.0. The maximum absolute atomic E-state index is 13.7. The first kappa shape index (κ1) is 27.5. The largest absolute Gasteiger partial charge is 0.497 e. The first-order valence-electron chi connectivity index (χ1n) is 11.6. The monoisotopic (exact) mass is 525 g/mol. The molecule has 0 bridgehead atoms. The molecule has 0 aliphatic carbocycles. The zero-order valence-electron chi connectivity index (χ0n) is 21.2. The predicted molar refractivity (Wildman–Crippen MR) is 143 cm³/mol. The van der Waals surface area contributed by atoms with E-state index in [9.17, 15) is 18.0 Å². The Bertz CT molecular complexity index is 1340. The molecule has 0 aromatic heterocycles. The minimum atomic E-state index is -4.19. The van der Waals surface area contributed by atoms with E-state index in [1.807, 2.05) is 13.8 Å². The topological polar surface area (TPSA) is 114 Å². The quantitative estimate of drug-likeness (QED) is 0.392. The normalized spacial score (nSPS) is 11.1. The van der Waals surface area contributed by atoms with Gasteiger partial charge in [-0.3, -0.25) is 13.9 Å². The minimum Gasteiger partial charge on any atom is -0.497 e. The molecule has 0 spiro atoms. The molecule has 196 valence electrons. The van der Waals surface area contributed by atoms with E-state index in [2.05, 4.69) is 10.6 Å². The van der Waals surface area contributed by atoms with Crippen molar-refractivity contribution in [3.63, 3.8) is 0 Å². The van der Waals surface area contributed by atoms with Crippen LogP contribution in [-0.4, -0.2) is 47.5 Å². The second kappa shape index (κ2) is 12.3. The average molecular weight is 526 g/mol. The van der Waals surface area contributed by atoms with Crippen molar-refractivity contribution in [2.75, 3.05) is 36.9 Å². The molecule has 2 amide bonds. The Hall–Kier alpha value is -4.05. The molecule has 3 aromatic rings. The predicted octanol–water partition coefficient (Wildman–Crippen LogP) is 3.92. The summed E-state index contributed by atoms with van der Waals surface area (Å²) in [7, 11) is -1.32. The van der Waals surface area contributed by atoms with Crippen molar-refractivity contribution in [1.82, 2.24) is 5.32 Å². The Morgan fingerprint density at radius 1 is 0.919 bits per heavy atom. The zero-order valence-corrected chi connectivity index (χ0v) is 22.0. The van der Waals surface area contributed by atoms with Crippen molar-refractivity contribution in [1.29, 1.82) is 0 Å². The molecule has 3 aromatic carbocycles. The molecular weight excluding hydrogens is 494 g/mol. The lowest BCUT2D eigenvalue weighted by Crippen LogP contribution is -2.38. The van der Waals surface area contributed by atoms with E-state index in [0.29, 0.717) is 12.3 Å². The molecule has 0 radical (unpaired) electrons. The van der Waals surface area contributed by atoms with Crippen LogP contribution in [0.4, 0.5) is 11.4 Å². The number of hydrogen-bond acceptors (Lipinski definition) is 6. The number of carbonyl (C=O) groups is 2. The summed E-state index contributed by atoms with van der Waals surface area (Å²) in [6, 6.07) is 19.0. The van der Waals surface area contributed by atoms with Crippen molar-refractivity contribution in [3.8, 4) is 11.5 Å². The van der Waals surface area contributed by atoms with Crippen molar-refractivity contribution < 1.29 is 27.5 Å². The molecule has 0 fully saturated rings. The Kier molecular flexibility index (Phi) is 9.13. The van der Waals surface area contributed by atoms with Crippen molar-refractivity contribution in [3.05, 3.63) is 78.4 Å². The number of hydrogen-bond donors (Lipinski definition) is 2. The number of nitrogens with zero attached hydrogens (tertiary/aromatic N) is 1. The molecule has 0 saturated heterocycles. The van der Waals surface area contributed by atoms with Crippen LogP contribution < -0.4 is 24.4 Å². The lowest BCUT2D eigenvalue weighted by molar-refractivity contribution is -0.114.